The van der Waals surface area contributed by atoms with Crippen molar-refractivity contribution in [3.63, 3.8) is 0 Å². The van der Waals surface area contributed by atoms with Gasteiger partial charge in [0.25, 0.3) is 0 Å². The van der Waals surface area contributed by atoms with Crippen molar-refractivity contribution in [3.05, 3.63) is 18.4 Å². The van der Waals surface area contributed by atoms with Gasteiger partial charge in [-0.25, -0.2) is 9.78 Å². The number of nitrogens with zero attached hydrogens (tertiary/aromatic N) is 4. The first-order chi connectivity index (χ1) is 13.1. The summed E-state index contributed by atoms with van der Waals surface area (Å²) in [5, 5.41) is 0. The molecule has 7 heteroatoms. The molecule has 0 unspecified atom stereocenters. The fourth-order valence-electron chi connectivity index (χ4n) is 5.22. The molecule has 1 aromatic heterocycles. The molecule has 1 amide bonds. The van der Waals surface area contributed by atoms with E-state index in [-0.39, 0.29) is 6.09 Å². The van der Waals surface area contributed by atoms with Gasteiger partial charge in [-0.05, 0) is 64.6 Å². The summed E-state index contributed by atoms with van der Waals surface area (Å²) in [4.78, 5) is 22.9. The van der Waals surface area contributed by atoms with Gasteiger partial charge < -0.3 is 19.0 Å². The summed E-state index contributed by atoms with van der Waals surface area (Å²) in [6.45, 7) is 7.27. The van der Waals surface area contributed by atoms with Gasteiger partial charge >= 0.3 is 6.09 Å². The molecule has 0 bridgehead atoms. The molecule has 1 aromatic rings. The largest absolute Gasteiger partial charge is 0.450 e. The molecule has 2 aliphatic heterocycles. The van der Waals surface area contributed by atoms with Crippen LogP contribution in [0.5, 0.6) is 0 Å². The second kappa shape index (κ2) is 7.80. The molecular weight excluding hydrogens is 344 g/mol. The minimum atomic E-state index is -0.131. The predicted octanol–water partition coefficient (Wildman–Crippen LogP) is 2.58. The third kappa shape index (κ3) is 3.99. The van der Waals surface area contributed by atoms with E-state index in [1.165, 1.54) is 45.2 Å². The summed E-state index contributed by atoms with van der Waals surface area (Å²) >= 11 is 0. The van der Waals surface area contributed by atoms with E-state index in [1.807, 2.05) is 11.8 Å². The Bertz CT molecular complexity index is 621. The Balaban J connectivity index is 1.20. The standard InChI is InChI=1S/C20H32N4O3/c1-3-26-19(25)24-9-6-20(14-24)10-17(11-20)23-7-4-16(5-8-23)22(2)13-18-12-21-15-27-18/h12,15-17H,3-11,13-14H2,1-2H3. The zero-order valence-electron chi connectivity index (χ0n) is 16.6. The van der Waals surface area contributed by atoms with E-state index in [1.54, 1.807) is 6.20 Å². The summed E-state index contributed by atoms with van der Waals surface area (Å²) in [6, 6.07) is 1.32. The monoisotopic (exact) mass is 376 g/mol. The first-order valence-electron chi connectivity index (χ1n) is 10.3. The predicted molar refractivity (Wildman–Crippen MR) is 101 cm³/mol. The highest BCUT2D eigenvalue weighted by Gasteiger charge is 2.51. The Hall–Kier alpha value is -1.60. The van der Waals surface area contributed by atoms with Crippen LogP contribution in [0.1, 0.15) is 44.8 Å². The van der Waals surface area contributed by atoms with E-state index >= 15 is 0 Å². The smallest absolute Gasteiger partial charge is 0.409 e. The molecule has 1 aliphatic carbocycles. The maximum absolute atomic E-state index is 11.9. The lowest BCUT2D eigenvalue weighted by atomic mass is 9.64. The van der Waals surface area contributed by atoms with E-state index in [9.17, 15) is 4.79 Å². The van der Waals surface area contributed by atoms with Crippen LogP contribution in [0.4, 0.5) is 4.79 Å². The van der Waals surface area contributed by atoms with Gasteiger partial charge in [0.15, 0.2) is 6.39 Å². The number of oxazole rings is 1. The molecule has 0 N–H and O–H groups in total. The summed E-state index contributed by atoms with van der Waals surface area (Å²) in [5.74, 6) is 0.938. The molecule has 1 saturated carbocycles. The topological polar surface area (TPSA) is 62.1 Å². The molecule has 0 atom stereocenters. The summed E-state index contributed by atoms with van der Waals surface area (Å²) in [7, 11) is 2.18. The number of likely N-dealkylation sites (tertiary alicyclic amines) is 2. The zero-order chi connectivity index (χ0) is 18.9. The molecule has 7 nitrogen and oxygen atoms in total. The Morgan fingerprint density at radius 1 is 1.37 bits per heavy atom. The van der Waals surface area contributed by atoms with Crippen LogP contribution in [0.15, 0.2) is 17.0 Å². The Kier molecular flexibility index (Phi) is 5.41. The van der Waals surface area contributed by atoms with Crippen LogP contribution in [-0.2, 0) is 11.3 Å². The van der Waals surface area contributed by atoms with Crippen molar-refractivity contribution >= 4 is 6.09 Å². The van der Waals surface area contributed by atoms with Crippen molar-refractivity contribution in [1.82, 2.24) is 19.7 Å². The third-order valence-electron chi connectivity index (χ3n) is 6.83. The summed E-state index contributed by atoms with van der Waals surface area (Å²) in [6.07, 6.45) is 9.21. The van der Waals surface area contributed by atoms with Gasteiger partial charge in [0.05, 0.1) is 19.3 Å². The van der Waals surface area contributed by atoms with Gasteiger partial charge in [0, 0.05) is 25.2 Å². The number of ether oxygens (including phenoxy) is 1. The molecular formula is C20H32N4O3. The first kappa shape index (κ1) is 18.7. The number of hydrogen-bond donors (Lipinski definition) is 0. The molecule has 2 saturated heterocycles. The van der Waals surface area contributed by atoms with Crippen LogP contribution in [0.25, 0.3) is 0 Å². The second-order valence-corrected chi connectivity index (χ2v) is 8.58. The Morgan fingerprint density at radius 2 is 2.15 bits per heavy atom. The average Bonchev–Trinajstić information content (AvgIpc) is 3.30. The molecule has 3 fully saturated rings. The van der Waals surface area contributed by atoms with Crippen molar-refractivity contribution in [3.8, 4) is 0 Å². The SMILES string of the molecule is CCOC(=O)N1CCC2(CC(N3CCC(N(C)Cc4cnco4)CC3)C2)C1. The fourth-order valence-corrected chi connectivity index (χ4v) is 5.22. The van der Waals surface area contributed by atoms with Crippen molar-refractivity contribution in [2.24, 2.45) is 5.41 Å². The number of hydrogen-bond acceptors (Lipinski definition) is 6. The van der Waals surface area contributed by atoms with Gasteiger partial charge in [0.2, 0.25) is 0 Å². The van der Waals surface area contributed by atoms with Crippen LogP contribution in [-0.4, -0.2) is 77.7 Å². The first-order valence-corrected chi connectivity index (χ1v) is 10.3. The molecule has 150 valence electrons. The average molecular weight is 377 g/mol. The third-order valence-corrected chi connectivity index (χ3v) is 6.83. The number of carbonyl (C=O) groups is 1. The van der Waals surface area contributed by atoms with Crippen LogP contribution in [0.3, 0.4) is 0 Å². The molecule has 3 heterocycles. The highest BCUT2D eigenvalue weighted by molar-refractivity contribution is 5.68. The fraction of sp³-hybridized carbons (Fsp3) is 0.800. The number of piperidine rings is 1. The van der Waals surface area contributed by atoms with Crippen molar-refractivity contribution < 1.29 is 13.9 Å². The van der Waals surface area contributed by atoms with Gasteiger partial charge in [-0.2, -0.15) is 0 Å². The van der Waals surface area contributed by atoms with E-state index in [4.69, 9.17) is 9.15 Å². The van der Waals surface area contributed by atoms with Crippen LogP contribution in [0.2, 0.25) is 0 Å². The lowest BCUT2D eigenvalue weighted by molar-refractivity contribution is -0.0148. The lowest BCUT2D eigenvalue weighted by Crippen LogP contribution is -2.55. The highest BCUT2D eigenvalue weighted by Crippen LogP contribution is 2.50. The quantitative estimate of drug-likeness (QED) is 0.787. The van der Waals surface area contributed by atoms with Crippen molar-refractivity contribution in [2.75, 3.05) is 39.8 Å². The maximum atomic E-state index is 11.9. The number of rotatable bonds is 5. The molecule has 1 spiro atoms. The summed E-state index contributed by atoms with van der Waals surface area (Å²) < 4.78 is 10.5. The van der Waals surface area contributed by atoms with E-state index in [2.05, 4.69) is 21.8 Å². The van der Waals surface area contributed by atoms with E-state index < -0.39 is 0 Å². The highest BCUT2D eigenvalue weighted by atomic mass is 16.6. The maximum Gasteiger partial charge on any atom is 0.409 e. The van der Waals surface area contributed by atoms with Gasteiger partial charge in [-0.1, -0.05) is 0 Å². The Labute approximate surface area is 161 Å². The van der Waals surface area contributed by atoms with Gasteiger partial charge in [-0.3, -0.25) is 4.90 Å². The summed E-state index contributed by atoms with van der Waals surface area (Å²) in [5.41, 5.74) is 0.358. The number of amides is 1. The zero-order valence-corrected chi connectivity index (χ0v) is 16.6. The van der Waals surface area contributed by atoms with Gasteiger partial charge in [0.1, 0.15) is 5.76 Å². The number of carbonyl (C=O) groups excluding carboxylic acids is 1. The molecule has 27 heavy (non-hydrogen) atoms. The van der Waals surface area contributed by atoms with Crippen LogP contribution < -0.4 is 0 Å². The molecule has 3 aliphatic rings. The second-order valence-electron chi connectivity index (χ2n) is 8.58. The minimum absolute atomic E-state index is 0.131. The molecule has 0 radical (unpaired) electrons. The normalized spacial score (nSPS) is 29.4. The number of aromatic nitrogens is 1. The van der Waals surface area contributed by atoms with E-state index in [0.717, 1.165) is 31.8 Å². The van der Waals surface area contributed by atoms with Crippen molar-refractivity contribution in [1.29, 1.82) is 0 Å². The van der Waals surface area contributed by atoms with E-state index in [0.29, 0.717) is 24.1 Å². The minimum Gasteiger partial charge on any atom is -0.450 e. The van der Waals surface area contributed by atoms with Crippen molar-refractivity contribution in [2.45, 2.75) is 57.7 Å². The van der Waals surface area contributed by atoms with Crippen LogP contribution in [0, 0.1) is 5.41 Å². The van der Waals surface area contributed by atoms with Crippen LogP contribution >= 0.6 is 0 Å². The van der Waals surface area contributed by atoms with Gasteiger partial charge in [-0.15, -0.1) is 0 Å². The Morgan fingerprint density at radius 3 is 2.81 bits per heavy atom. The lowest BCUT2D eigenvalue weighted by Gasteiger charge is -2.52. The molecule has 0 aromatic carbocycles. The molecule has 4 rings (SSSR count).